The molecule has 0 bridgehead atoms. The zero-order chi connectivity index (χ0) is 24.9. The Hall–Kier alpha value is -1.68. The fourth-order valence-electron chi connectivity index (χ4n) is 5.10. The Morgan fingerprint density at radius 3 is 2.35 bits per heavy atom. The molecule has 2 fully saturated rings. The first kappa shape index (κ1) is 26.9. The lowest BCUT2D eigenvalue weighted by atomic mass is 10.0. The van der Waals surface area contributed by atoms with Gasteiger partial charge in [0.05, 0.1) is 18.6 Å². The third-order valence-electron chi connectivity index (χ3n) is 7.19. The van der Waals surface area contributed by atoms with Crippen LogP contribution in [0.4, 0.5) is 0 Å². The normalized spacial score (nSPS) is 21.0. The molecule has 34 heavy (non-hydrogen) atoms. The largest absolute Gasteiger partial charge is 0.497 e. The van der Waals surface area contributed by atoms with Gasteiger partial charge in [0.25, 0.3) is 0 Å². The molecular formula is C25H41N3O5S. The Kier molecular flexibility index (Phi) is 9.37. The van der Waals surface area contributed by atoms with Gasteiger partial charge < -0.3 is 19.3 Å². The molecule has 1 saturated heterocycles. The number of methoxy groups -OCH3 is 1. The van der Waals surface area contributed by atoms with Crippen LogP contribution in [0.2, 0.25) is 0 Å². The van der Waals surface area contributed by atoms with E-state index in [0.29, 0.717) is 22.8 Å². The van der Waals surface area contributed by atoms with Crippen LogP contribution < -0.4 is 4.74 Å². The average Bonchev–Trinajstić information content (AvgIpc) is 3.19. The summed E-state index contributed by atoms with van der Waals surface area (Å²) in [6, 6.07) is 3.44. The quantitative estimate of drug-likeness (QED) is 0.415. The minimum Gasteiger partial charge on any atom is -0.497 e. The van der Waals surface area contributed by atoms with E-state index >= 15 is 0 Å². The molecule has 0 aromatic heterocycles. The Morgan fingerprint density at radius 1 is 1.12 bits per heavy atom. The standard InChI is InChI=1S/C25H41N3O5S/c1-19-13-23(32-5)14-20(2)25(19)34(30,31)27(4)11-12-33-18-24(29)26(3)16-21-7-8-22(15-21)17-28-9-6-10-28/h13-14,21-22H,6-12,15-18H2,1-5H3/t21-,22+/m1/s1. The van der Waals surface area contributed by atoms with Gasteiger partial charge in [-0.05, 0) is 87.7 Å². The van der Waals surface area contributed by atoms with Crippen LogP contribution in [0, 0.1) is 25.7 Å². The minimum atomic E-state index is -3.67. The van der Waals surface area contributed by atoms with Crippen molar-refractivity contribution in [1.29, 1.82) is 0 Å². The summed E-state index contributed by atoms with van der Waals surface area (Å²) in [5.74, 6) is 1.90. The second-order valence-corrected chi connectivity index (χ2v) is 11.9. The molecular weight excluding hydrogens is 454 g/mol. The van der Waals surface area contributed by atoms with E-state index < -0.39 is 10.0 Å². The average molecular weight is 496 g/mol. The van der Waals surface area contributed by atoms with Crippen molar-refractivity contribution in [1.82, 2.24) is 14.1 Å². The number of benzene rings is 1. The van der Waals surface area contributed by atoms with Crippen molar-refractivity contribution in [3.63, 3.8) is 0 Å². The summed E-state index contributed by atoms with van der Waals surface area (Å²) in [7, 11) is 1.26. The first-order chi connectivity index (χ1) is 16.1. The van der Waals surface area contributed by atoms with Gasteiger partial charge in [-0.15, -0.1) is 0 Å². The first-order valence-corrected chi connectivity index (χ1v) is 13.7. The number of likely N-dealkylation sites (N-methyl/N-ethyl adjacent to an activating group) is 2. The minimum absolute atomic E-state index is 0.0328. The highest BCUT2D eigenvalue weighted by Gasteiger charge is 2.29. The van der Waals surface area contributed by atoms with Gasteiger partial charge in [-0.1, -0.05) is 0 Å². The molecule has 1 saturated carbocycles. The molecule has 192 valence electrons. The van der Waals surface area contributed by atoms with Crippen molar-refractivity contribution in [2.75, 3.05) is 67.1 Å². The molecule has 2 aliphatic rings. The van der Waals surface area contributed by atoms with Crippen LogP contribution in [0.25, 0.3) is 0 Å². The van der Waals surface area contributed by atoms with Gasteiger partial charge in [0.1, 0.15) is 12.4 Å². The summed E-state index contributed by atoms with van der Waals surface area (Å²) in [6.45, 7) is 8.29. The van der Waals surface area contributed by atoms with Crippen LogP contribution in [-0.4, -0.2) is 95.6 Å². The number of sulfonamides is 1. The van der Waals surface area contributed by atoms with E-state index in [1.165, 1.54) is 56.7 Å². The van der Waals surface area contributed by atoms with Crippen LogP contribution in [0.3, 0.4) is 0 Å². The van der Waals surface area contributed by atoms with Crippen molar-refractivity contribution >= 4 is 15.9 Å². The molecule has 1 aromatic carbocycles. The molecule has 8 nitrogen and oxygen atoms in total. The van der Waals surface area contributed by atoms with Crippen molar-refractivity contribution in [3.05, 3.63) is 23.3 Å². The Morgan fingerprint density at radius 2 is 1.76 bits per heavy atom. The fourth-order valence-corrected chi connectivity index (χ4v) is 6.66. The number of carbonyl (C=O) groups excluding carboxylic acids is 1. The van der Waals surface area contributed by atoms with E-state index in [1.54, 1.807) is 38.0 Å². The third-order valence-corrected chi connectivity index (χ3v) is 9.35. The maximum absolute atomic E-state index is 13.1. The lowest BCUT2D eigenvalue weighted by Crippen LogP contribution is -2.40. The molecule has 1 heterocycles. The number of hydrogen-bond donors (Lipinski definition) is 0. The molecule has 1 aromatic rings. The van der Waals surface area contributed by atoms with Gasteiger partial charge in [0.15, 0.2) is 0 Å². The molecule has 0 spiro atoms. The highest BCUT2D eigenvalue weighted by Crippen LogP contribution is 2.32. The number of aryl methyl sites for hydroxylation is 2. The summed E-state index contributed by atoms with van der Waals surface area (Å²) in [5.41, 5.74) is 1.28. The molecule has 2 atom stereocenters. The fraction of sp³-hybridized carbons (Fsp3) is 0.720. The van der Waals surface area contributed by atoms with Crippen molar-refractivity contribution in [2.24, 2.45) is 11.8 Å². The summed E-state index contributed by atoms with van der Waals surface area (Å²) in [5, 5.41) is 0. The van der Waals surface area contributed by atoms with Gasteiger partial charge in [-0.2, -0.15) is 4.31 Å². The SMILES string of the molecule is COc1cc(C)c(S(=O)(=O)N(C)CCOCC(=O)N(C)C[C@@H]2CC[C@H](CN3CCC3)C2)c(C)c1. The van der Waals surface area contributed by atoms with Gasteiger partial charge in [-0.3, -0.25) is 4.79 Å². The number of hydrogen-bond acceptors (Lipinski definition) is 6. The Balaban J connectivity index is 1.40. The van der Waals surface area contributed by atoms with E-state index in [2.05, 4.69) is 4.90 Å². The number of ether oxygens (including phenoxy) is 2. The van der Waals surface area contributed by atoms with E-state index in [0.717, 1.165) is 12.5 Å². The van der Waals surface area contributed by atoms with E-state index in [-0.39, 0.29) is 30.6 Å². The van der Waals surface area contributed by atoms with Crippen LogP contribution in [0.1, 0.15) is 36.8 Å². The first-order valence-electron chi connectivity index (χ1n) is 12.3. The lowest BCUT2D eigenvalue weighted by molar-refractivity contribution is -0.135. The van der Waals surface area contributed by atoms with Crippen molar-refractivity contribution < 1.29 is 22.7 Å². The van der Waals surface area contributed by atoms with E-state index in [9.17, 15) is 13.2 Å². The van der Waals surface area contributed by atoms with Gasteiger partial charge >= 0.3 is 0 Å². The van der Waals surface area contributed by atoms with E-state index in [4.69, 9.17) is 9.47 Å². The maximum Gasteiger partial charge on any atom is 0.248 e. The third kappa shape index (κ3) is 6.71. The number of carbonyl (C=O) groups is 1. The van der Waals surface area contributed by atoms with Crippen LogP contribution >= 0.6 is 0 Å². The Bertz CT molecular complexity index is 925. The molecule has 0 N–H and O–H groups in total. The zero-order valence-electron chi connectivity index (χ0n) is 21.4. The van der Waals surface area contributed by atoms with Gasteiger partial charge in [0, 0.05) is 33.7 Å². The molecule has 0 radical (unpaired) electrons. The lowest BCUT2D eigenvalue weighted by Gasteiger charge is -2.33. The monoisotopic (exact) mass is 495 g/mol. The molecule has 1 aliphatic heterocycles. The predicted molar refractivity (Wildman–Crippen MR) is 133 cm³/mol. The van der Waals surface area contributed by atoms with Gasteiger partial charge in [0.2, 0.25) is 15.9 Å². The number of amides is 1. The maximum atomic E-state index is 13.1. The molecule has 1 amide bonds. The summed E-state index contributed by atoms with van der Waals surface area (Å²) in [4.78, 5) is 17.1. The molecule has 1 aliphatic carbocycles. The van der Waals surface area contributed by atoms with E-state index in [1.807, 2.05) is 7.05 Å². The second-order valence-electron chi connectivity index (χ2n) is 9.94. The highest BCUT2D eigenvalue weighted by molar-refractivity contribution is 7.89. The van der Waals surface area contributed by atoms with Gasteiger partial charge in [-0.25, -0.2) is 8.42 Å². The number of likely N-dealkylation sites (tertiary alicyclic amines) is 1. The summed E-state index contributed by atoms with van der Waals surface area (Å²) in [6.07, 6.45) is 4.97. The molecule has 9 heteroatoms. The molecule has 0 unspecified atom stereocenters. The van der Waals surface area contributed by atoms with Crippen molar-refractivity contribution in [2.45, 2.75) is 44.4 Å². The summed E-state index contributed by atoms with van der Waals surface area (Å²) >= 11 is 0. The topological polar surface area (TPSA) is 79.4 Å². The van der Waals surface area contributed by atoms with Crippen LogP contribution in [-0.2, 0) is 19.6 Å². The zero-order valence-corrected chi connectivity index (χ0v) is 22.2. The van der Waals surface area contributed by atoms with Crippen LogP contribution in [0.5, 0.6) is 5.75 Å². The second kappa shape index (κ2) is 11.8. The number of nitrogens with zero attached hydrogens (tertiary/aromatic N) is 3. The number of rotatable bonds is 12. The highest BCUT2D eigenvalue weighted by atomic mass is 32.2. The summed E-state index contributed by atoms with van der Waals surface area (Å²) < 4.78 is 38.2. The Labute approximate surface area is 205 Å². The smallest absolute Gasteiger partial charge is 0.248 e. The predicted octanol–water partition coefficient (Wildman–Crippen LogP) is 2.53. The van der Waals surface area contributed by atoms with Crippen LogP contribution in [0.15, 0.2) is 17.0 Å². The molecule has 3 rings (SSSR count). The van der Waals surface area contributed by atoms with Crippen molar-refractivity contribution in [3.8, 4) is 5.75 Å².